The van der Waals surface area contributed by atoms with Crippen molar-refractivity contribution in [1.82, 2.24) is 19.4 Å². The number of nitrogens with one attached hydrogen (secondary N) is 1. The molecule has 0 saturated heterocycles. The van der Waals surface area contributed by atoms with Gasteiger partial charge in [0.2, 0.25) is 11.1 Å². The lowest BCUT2D eigenvalue weighted by Gasteiger charge is -2.13. The highest BCUT2D eigenvalue weighted by Crippen LogP contribution is 2.28. The van der Waals surface area contributed by atoms with Crippen LogP contribution in [-0.2, 0) is 11.3 Å². The summed E-state index contributed by atoms with van der Waals surface area (Å²) in [7, 11) is 0. The molecule has 8 nitrogen and oxygen atoms in total. The summed E-state index contributed by atoms with van der Waals surface area (Å²) in [5, 5.41) is 21.2. The predicted molar refractivity (Wildman–Crippen MR) is 134 cm³/mol. The first-order valence-corrected chi connectivity index (χ1v) is 11.8. The van der Waals surface area contributed by atoms with Gasteiger partial charge >= 0.3 is 0 Å². The van der Waals surface area contributed by atoms with Gasteiger partial charge in [-0.1, -0.05) is 53.7 Å². The van der Waals surface area contributed by atoms with E-state index in [2.05, 4.69) is 21.6 Å². The minimum Gasteiger partial charge on any atom is -0.335 e. The van der Waals surface area contributed by atoms with Crippen LogP contribution in [0.1, 0.15) is 27.9 Å². The Hall–Kier alpha value is -4.10. The van der Waals surface area contributed by atoms with Crippen LogP contribution in [0.25, 0.3) is 11.4 Å². The van der Waals surface area contributed by atoms with Gasteiger partial charge < -0.3 is 15.7 Å². The van der Waals surface area contributed by atoms with E-state index < -0.39 is 0 Å². The molecule has 0 atom stereocenters. The zero-order chi connectivity index (χ0) is 25.1. The summed E-state index contributed by atoms with van der Waals surface area (Å²) in [6.45, 7) is 6.10. The van der Waals surface area contributed by atoms with Gasteiger partial charge in [0.15, 0.2) is 5.82 Å². The number of rotatable bonds is 7. The van der Waals surface area contributed by atoms with Gasteiger partial charge in [0.05, 0.1) is 11.3 Å². The van der Waals surface area contributed by atoms with Crippen LogP contribution in [-0.4, -0.2) is 31.1 Å². The summed E-state index contributed by atoms with van der Waals surface area (Å²) in [5.41, 5.74) is 4.81. The summed E-state index contributed by atoms with van der Waals surface area (Å²) in [6.07, 6.45) is 0. The second-order valence-corrected chi connectivity index (χ2v) is 9.08. The molecule has 0 bridgehead atoms. The molecule has 178 valence electrons. The second kappa shape index (κ2) is 10.0. The number of aromatic nitrogens is 4. The van der Waals surface area contributed by atoms with Crippen LogP contribution in [0.4, 0.5) is 10.2 Å². The summed E-state index contributed by atoms with van der Waals surface area (Å²) in [5.74, 6) is 6.46. The van der Waals surface area contributed by atoms with Gasteiger partial charge in [-0.15, -0.1) is 10.2 Å². The van der Waals surface area contributed by atoms with Crippen LogP contribution in [0.15, 0.2) is 53.7 Å². The van der Waals surface area contributed by atoms with E-state index in [0.717, 1.165) is 39.7 Å². The smallest absolute Gasteiger partial charge is 0.235 e. The molecule has 2 aromatic carbocycles. The lowest BCUT2D eigenvalue weighted by molar-refractivity contribution is -0.113. The number of amides is 1. The summed E-state index contributed by atoms with van der Waals surface area (Å²) >= 11 is 1.15. The number of nitrogen functional groups attached to an aromatic ring is 1. The molecule has 10 heteroatoms. The van der Waals surface area contributed by atoms with Gasteiger partial charge in [0.25, 0.3) is 0 Å². The van der Waals surface area contributed by atoms with Crippen LogP contribution in [0.3, 0.4) is 0 Å². The maximum Gasteiger partial charge on any atom is 0.235 e. The normalized spacial score (nSPS) is 10.8. The monoisotopic (exact) mass is 489 g/mol. The molecule has 4 aromatic rings. The molecule has 2 heterocycles. The van der Waals surface area contributed by atoms with Crippen molar-refractivity contribution in [3.8, 4) is 17.5 Å². The Balaban J connectivity index is 1.50. The van der Waals surface area contributed by atoms with Gasteiger partial charge in [0, 0.05) is 17.8 Å². The molecule has 1 amide bonds. The van der Waals surface area contributed by atoms with Crippen molar-refractivity contribution in [1.29, 1.82) is 5.26 Å². The number of benzene rings is 2. The fourth-order valence-corrected chi connectivity index (χ4v) is 4.33. The fraction of sp³-hybridized carbons (Fsp3) is 0.200. The lowest BCUT2D eigenvalue weighted by Crippen LogP contribution is -2.19. The number of carbonyl (C=O) groups is 1. The maximum absolute atomic E-state index is 13.3. The molecule has 0 aliphatic heterocycles. The Labute approximate surface area is 206 Å². The van der Waals surface area contributed by atoms with Crippen LogP contribution in [0, 0.1) is 37.9 Å². The number of halogens is 1. The number of hydrogen-bond donors (Lipinski definition) is 2. The second-order valence-electron chi connectivity index (χ2n) is 8.14. The van der Waals surface area contributed by atoms with Crippen molar-refractivity contribution < 1.29 is 9.18 Å². The number of anilines is 1. The Kier molecular flexibility index (Phi) is 6.89. The third kappa shape index (κ3) is 5.05. The highest BCUT2D eigenvalue weighted by molar-refractivity contribution is 7.99. The van der Waals surface area contributed by atoms with Gasteiger partial charge in [-0.3, -0.25) is 4.79 Å². The summed E-state index contributed by atoms with van der Waals surface area (Å²) in [6, 6.07) is 16.0. The Morgan fingerprint density at radius 3 is 2.46 bits per heavy atom. The molecule has 35 heavy (non-hydrogen) atoms. The largest absolute Gasteiger partial charge is 0.335 e. The number of nitriles is 1. The van der Waals surface area contributed by atoms with Crippen molar-refractivity contribution in [2.45, 2.75) is 32.5 Å². The Morgan fingerprint density at radius 1 is 1.11 bits per heavy atom. The molecular formula is C25H24FN7OS. The first-order chi connectivity index (χ1) is 16.8. The Morgan fingerprint density at radius 2 is 1.80 bits per heavy atom. The van der Waals surface area contributed by atoms with Gasteiger partial charge in [-0.25, -0.2) is 9.07 Å². The van der Waals surface area contributed by atoms with E-state index in [0.29, 0.717) is 28.9 Å². The molecule has 0 aliphatic rings. The molecule has 3 N–H and O–H groups in total. The third-order valence-electron chi connectivity index (χ3n) is 5.76. The first-order valence-electron chi connectivity index (χ1n) is 10.8. The molecule has 0 spiro atoms. The SMILES string of the molecule is Cc1ccc(-c2nnc(SCC(=O)Nc3c(C#N)c(C)c(C)n3Cc3ccc(F)cc3)n2N)cc1. The van der Waals surface area contributed by atoms with Crippen LogP contribution in [0.2, 0.25) is 0 Å². The van der Waals surface area contributed by atoms with Crippen molar-refractivity contribution in [3.05, 3.63) is 82.3 Å². The van der Waals surface area contributed by atoms with E-state index in [1.54, 1.807) is 12.1 Å². The average molecular weight is 490 g/mol. The van der Waals surface area contributed by atoms with Crippen molar-refractivity contribution in [2.75, 3.05) is 16.9 Å². The number of carbonyl (C=O) groups excluding carboxylic acids is 1. The minimum absolute atomic E-state index is 0.0217. The van der Waals surface area contributed by atoms with E-state index in [1.807, 2.05) is 49.6 Å². The van der Waals surface area contributed by atoms with E-state index in [9.17, 15) is 14.4 Å². The number of nitrogens with two attached hydrogens (primary N) is 1. The number of hydrogen-bond acceptors (Lipinski definition) is 6. The van der Waals surface area contributed by atoms with Gasteiger partial charge in [-0.05, 0) is 44.0 Å². The number of thioether (sulfide) groups is 1. The molecule has 0 fully saturated rings. The van der Waals surface area contributed by atoms with Gasteiger partial charge in [0.1, 0.15) is 17.7 Å². The Bertz CT molecular complexity index is 1420. The fourth-order valence-electron chi connectivity index (χ4n) is 3.67. The van der Waals surface area contributed by atoms with Crippen LogP contribution >= 0.6 is 11.8 Å². The van der Waals surface area contributed by atoms with E-state index in [1.165, 1.54) is 16.8 Å². The lowest BCUT2D eigenvalue weighted by atomic mass is 10.1. The van der Waals surface area contributed by atoms with Crippen molar-refractivity contribution in [3.63, 3.8) is 0 Å². The van der Waals surface area contributed by atoms with E-state index in [-0.39, 0.29) is 17.5 Å². The van der Waals surface area contributed by atoms with Gasteiger partial charge in [-0.2, -0.15) is 5.26 Å². The number of aryl methyl sites for hydroxylation is 1. The van der Waals surface area contributed by atoms with Crippen molar-refractivity contribution in [2.24, 2.45) is 0 Å². The highest BCUT2D eigenvalue weighted by atomic mass is 32.2. The van der Waals surface area contributed by atoms with Crippen molar-refractivity contribution >= 4 is 23.5 Å². The van der Waals surface area contributed by atoms with Crippen LogP contribution < -0.4 is 11.2 Å². The van der Waals surface area contributed by atoms with E-state index >= 15 is 0 Å². The molecule has 0 aliphatic carbocycles. The third-order valence-corrected chi connectivity index (χ3v) is 6.70. The molecular weight excluding hydrogens is 465 g/mol. The zero-order valence-electron chi connectivity index (χ0n) is 19.5. The minimum atomic E-state index is -0.323. The number of nitrogens with zero attached hydrogens (tertiary/aromatic N) is 5. The predicted octanol–water partition coefficient (Wildman–Crippen LogP) is 4.18. The summed E-state index contributed by atoms with van der Waals surface area (Å²) in [4.78, 5) is 12.8. The maximum atomic E-state index is 13.3. The molecule has 0 radical (unpaired) electrons. The zero-order valence-corrected chi connectivity index (χ0v) is 20.4. The van der Waals surface area contributed by atoms with Crippen LogP contribution in [0.5, 0.6) is 0 Å². The average Bonchev–Trinajstić information content (AvgIpc) is 3.31. The topological polar surface area (TPSA) is 115 Å². The molecule has 2 aromatic heterocycles. The standard InChI is InChI=1S/C25H24FN7OS/c1-15-4-8-19(9-5-15)23-30-31-25(33(23)28)35-14-22(34)29-24-21(12-27)16(2)17(3)32(24)13-18-6-10-20(26)11-7-18/h4-11H,13-14,28H2,1-3H3,(H,29,34). The molecule has 0 saturated carbocycles. The molecule has 4 rings (SSSR count). The first kappa shape index (κ1) is 24.0. The summed E-state index contributed by atoms with van der Waals surface area (Å²) < 4.78 is 16.5. The quantitative estimate of drug-likeness (QED) is 0.297. The van der Waals surface area contributed by atoms with E-state index in [4.69, 9.17) is 5.84 Å². The highest BCUT2D eigenvalue weighted by Gasteiger charge is 2.21. The molecule has 0 unspecified atom stereocenters.